The van der Waals surface area contributed by atoms with E-state index >= 15 is 0 Å². The number of hydrogen-bond donors (Lipinski definition) is 2. The van der Waals surface area contributed by atoms with Gasteiger partial charge in [0, 0.05) is 6.04 Å². The van der Waals surface area contributed by atoms with Crippen molar-refractivity contribution in [2.45, 2.75) is 56.9 Å². The Morgan fingerprint density at radius 2 is 2.00 bits per heavy atom. The molecule has 1 atom stereocenters. The van der Waals surface area contributed by atoms with Crippen LogP contribution in [-0.4, -0.2) is 23.0 Å². The number of amides is 1. The van der Waals surface area contributed by atoms with Gasteiger partial charge < -0.3 is 10.4 Å². The third-order valence-corrected chi connectivity index (χ3v) is 4.38. The number of aliphatic carboxylic acids is 1. The number of hydrogen-bond acceptors (Lipinski definition) is 2. The largest absolute Gasteiger partial charge is 0.481 e. The molecule has 5 heteroatoms. The average molecular weight is 307 g/mol. The van der Waals surface area contributed by atoms with Gasteiger partial charge in [-0.05, 0) is 37.5 Å². The van der Waals surface area contributed by atoms with Crippen LogP contribution < -0.4 is 5.32 Å². The van der Waals surface area contributed by atoms with Crippen LogP contribution in [0.15, 0.2) is 24.3 Å². The molecule has 1 saturated carbocycles. The summed E-state index contributed by atoms with van der Waals surface area (Å²) in [6.07, 6.45) is 4.11. The summed E-state index contributed by atoms with van der Waals surface area (Å²) in [5, 5.41) is 11.6. The first-order valence-electron chi connectivity index (χ1n) is 7.73. The van der Waals surface area contributed by atoms with Gasteiger partial charge in [-0.15, -0.1) is 0 Å². The van der Waals surface area contributed by atoms with E-state index in [0.717, 1.165) is 19.3 Å². The molecule has 4 nitrogen and oxygen atoms in total. The molecule has 0 heterocycles. The van der Waals surface area contributed by atoms with Crippen molar-refractivity contribution in [2.24, 2.45) is 0 Å². The van der Waals surface area contributed by atoms with Gasteiger partial charge in [-0.2, -0.15) is 0 Å². The normalized spacial score (nSPS) is 18.5. The Morgan fingerprint density at radius 1 is 1.32 bits per heavy atom. The van der Waals surface area contributed by atoms with Crippen molar-refractivity contribution in [3.63, 3.8) is 0 Å². The first kappa shape index (κ1) is 16.5. The molecule has 0 bridgehead atoms. The standard InChI is InChI=1S/C17H22FNO3/c1-12(10-15(20)21)19-16(22)17(8-3-2-4-9-17)13-6-5-7-14(18)11-13/h5-7,11-12H,2-4,8-10H2,1H3,(H,19,22)(H,20,21). The lowest BCUT2D eigenvalue weighted by molar-refractivity contribution is -0.137. The van der Waals surface area contributed by atoms with E-state index in [0.29, 0.717) is 18.4 Å². The van der Waals surface area contributed by atoms with Crippen LogP contribution in [0.3, 0.4) is 0 Å². The molecule has 0 spiro atoms. The molecule has 1 aromatic carbocycles. The summed E-state index contributed by atoms with van der Waals surface area (Å²) in [5.41, 5.74) is -0.0557. The van der Waals surface area contributed by atoms with Gasteiger partial charge in [0.15, 0.2) is 0 Å². The van der Waals surface area contributed by atoms with E-state index in [1.165, 1.54) is 12.1 Å². The third-order valence-electron chi connectivity index (χ3n) is 4.38. The minimum Gasteiger partial charge on any atom is -0.481 e. The van der Waals surface area contributed by atoms with Crippen molar-refractivity contribution < 1.29 is 19.1 Å². The summed E-state index contributed by atoms with van der Waals surface area (Å²) < 4.78 is 13.6. The maximum atomic E-state index is 13.6. The number of carbonyl (C=O) groups is 2. The molecular weight excluding hydrogens is 285 g/mol. The molecule has 2 N–H and O–H groups in total. The Hall–Kier alpha value is -1.91. The van der Waals surface area contributed by atoms with Crippen LogP contribution in [0.1, 0.15) is 51.0 Å². The van der Waals surface area contributed by atoms with Crippen molar-refractivity contribution >= 4 is 11.9 Å². The van der Waals surface area contributed by atoms with Crippen molar-refractivity contribution in [3.05, 3.63) is 35.6 Å². The van der Waals surface area contributed by atoms with E-state index in [-0.39, 0.29) is 18.1 Å². The Morgan fingerprint density at radius 3 is 2.59 bits per heavy atom. The van der Waals surface area contributed by atoms with Gasteiger partial charge >= 0.3 is 5.97 Å². The van der Waals surface area contributed by atoms with Crippen LogP contribution in [-0.2, 0) is 15.0 Å². The quantitative estimate of drug-likeness (QED) is 0.879. The zero-order valence-corrected chi connectivity index (χ0v) is 12.8. The van der Waals surface area contributed by atoms with Gasteiger partial charge in [0.25, 0.3) is 0 Å². The van der Waals surface area contributed by atoms with Crippen molar-refractivity contribution in [1.29, 1.82) is 0 Å². The van der Waals surface area contributed by atoms with E-state index in [9.17, 15) is 14.0 Å². The van der Waals surface area contributed by atoms with Crippen molar-refractivity contribution in [3.8, 4) is 0 Å². The minimum absolute atomic E-state index is 0.120. The predicted molar refractivity (Wildman–Crippen MR) is 81.0 cm³/mol. The lowest BCUT2D eigenvalue weighted by Crippen LogP contribution is -2.49. The van der Waals surface area contributed by atoms with Gasteiger partial charge in [-0.3, -0.25) is 9.59 Å². The zero-order chi connectivity index (χ0) is 16.2. The highest BCUT2D eigenvalue weighted by Gasteiger charge is 2.41. The molecule has 1 aromatic rings. The predicted octanol–water partition coefficient (Wildman–Crippen LogP) is 3.01. The molecule has 2 rings (SSSR count). The number of carboxylic acids is 1. The number of benzene rings is 1. The molecular formula is C17H22FNO3. The summed E-state index contributed by atoms with van der Waals surface area (Å²) in [6.45, 7) is 1.67. The van der Waals surface area contributed by atoms with Gasteiger partial charge in [0.2, 0.25) is 5.91 Å². The van der Waals surface area contributed by atoms with Crippen molar-refractivity contribution in [2.75, 3.05) is 0 Å². The first-order chi connectivity index (χ1) is 10.4. The van der Waals surface area contributed by atoms with Gasteiger partial charge in [-0.25, -0.2) is 4.39 Å². The maximum Gasteiger partial charge on any atom is 0.305 e. The second-order valence-corrected chi connectivity index (χ2v) is 6.13. The van der Waals surface area contributed by atoms with E-state index in [1.54, 1.807) is 19.1 Å². The fraction of sp³-hybridized carbons (Fsp3) is 0.529. The molecule has 0 saturated heterocycles. The molecule has 120 valence electrons. The summed E-state index contributed by atoms with van der Waals surface area (Å²) in [5.74, 6) is -1.49. The number of carboxylic acid groups (broad SMARTS) is 1. The van der Waals surface area contributed by atoms with Gasteiger partial charge in [0.05, 0.1) is 11.8 Å². The summed E-state index contributed by atoms with van der Waals surface area (Å²) in [6, 6.07) is 5.75. The SMILES string of the molecule is CC(CC(=O)O)NC(=O)C1(c2cccc(F)c2)CCCCC1. The molecule has 1 amide bonds. The van der Waals surface area contributed by atoms with E-state index in [2.05, 4.69) is 5.32 Å². The highest BCUT2D eigenvalue weighted by Crippen LogP contribution is 2.40. The topological polar surface area (TPSA) is 66.4 Å². The first-order valence-corrected chi connectivity index (χ1v) is 7.73. The Balaban J connectivity index is 2.25. The van der Waals surface area contributed by atoms with Crippen LogP contribution in [0, 0.1) is 5.82 Å². The molecule has 22 heavy (non-hydrogen) atoms. The summed E-state index contributed by atoms with van der Waals surface area (Å²) >= 11 is 0. The molecule has 1 aliphatic rings. The molecule has 0 radical (unpaired) electrons. The Labute approximate surface area is 129 Å². The molecule has 0 aliphatic heterocycles. The fourth-order valence-corrected chi connectivity index (χ4v) is 3.26. The highest BCUT2D eigenvalue weighted by molar-refractivity contribution is 5.89. The molecule has 1 fully saturated rings. The zero-order valence-electron chi connectivity index (χ0n) is 12.8. The van der Waals surface area contributed by atoms with Crippen LogP contribution >= 0.6 is 0 Å². The van der Waals surface area contributed by atoms with Gasteiger partial charge in [-0.1, -0.05) is 31.4 Å². The number of carbonyl (C=O) groups excluding carboxylic acids is 1. The number of halogens is 1. The van der Waals surface area contributed by atoms with Crippen LogP contribution in [0.2, 0.25) is 0 Å². The summed E-state index contributed by atoms with van der Waals surface area (Å²) in [4.78, 5) is 23.6. The van der Waals surface area contributed by atoms with Gasteiger partial charge in [0.1, 0.15) is 5.82 Å². The lowest BCUT2D eigenvalue weighted by atomic mass is 9.68. The lowest BCUT2D eigenvalue weighted by Gasteiger charge is -2.37. The van der Waals surface area contributed by atoms with E-state index in [1.807, 2.05) is 0 Å². The van der Waals surface area contributed by atoms with Crippen LogP contribution in [0.25, 0.3) is 0 Å². The molecule has 1 unspecified atom stereocenters. The Kier molecular flexibility index (Phi) is 5.16. The van der Waals surface area contributed by atoms with Crippen LogP contribution in [0.4, 0.5) is 4.39 Å². The average Bonchev–Trinajstić information content (AvgIpc) is 2.47. The fourth-order valence-electron chi connectivity index (χ4n) is 3.26. The minimum atomic E-state index is -0.948. The molecule has 0 aromatic heterocycles. The van der Waals surface area contributed by atoms with Crippen molar-refractivity contribution in [1.82, 2.24) is 5.32 Å². The Bertz CT molecular complexity index is 553. The maximum absolute atomic E-state index is 13.6. The van der Waals surface area contributed by atoms with Crippen LogP contribution in [0.5, 0.6) is 0 Å². The second-order valence-electron chi connectivity index (χ2n) is 6.13. The summed E-state index contributed by atoms with van der Waals surface area (Å²) in [7, 11) is 0. The highest BCUT2D eigenvalue weighted by atomic mass is 19.1. The van der Waals surface area contributed by atoms with E-state index in [4.69, 9.17) is 5.11 Å². The number of rotatable bonds is 5. The second kappa shape index (κ2) is 6.90. The van der Waals surface area contributed by atoms with E-state index < -0.39 is 17.4 Å². The third kappa shape index (κ3) is 3.64. The number of nitrogens with one attached hydrogen (secondary N) is 1. The smallest absolute Gasteiger partial charge is 0.305 e. The monoisotopic (exact) mass is 307 g/mol. The molecule has 1 aliphatic carbocycles.